The second-order valence-corrected chi connectivity index (χ2v) is 3.85. The minimum atomic E-state index is -0.568. The molecule has 0 aromatic heterocycles. The Morgan fingerprint density at radius 1 is 1.05 bits per heavy atom. The summed E-state index contributed by atoms with van der Waals surface area (Å²) in [6, 6.07) is 15.8. The third-order valence-electron chi connectivity index (χ3n) is 2.51. The van der Waals surface area contributed by atoms with Gasteiger partial charge >= 0.3 is 0 Å². The molecular formula is C15H14FNO2. The van der Waals surface area contributed by atoms with Crippen molar-refractivity contribution in [3.05, 3.63) is 60.2 Å². The fourth-order valence-corrected chi connectivity index (χ4v) is 1.63. The van der Waals surface area contributed by atoms with Gasteiger partial charge in [-0.3, -0.25) is 4.79 Å². The van der Waals surface area contributed by atoms with Crippen molar-refractivity contribution in [3.8, 4) is 5.75 Å². The number of benzene rings is 2. The third-order valence-corrected chi connectivity index (χ3v) is 2.51. The topological polar surface area (TPSA) is 38.3 Å². The Hall–Kier alpha value is -2.36. The molecule has 0 saturated heterocycles. The minimum Gasteiger partial charge on any atom is -0.489 e. The number of alkyl halides is 1. The van der Waals surface area contributed by atoms with Crippen LogP contribution in [0.15, 0.2) is 54.6 Å². The summed E-state index contributed by atoms with van der Waals surface area (Å²) in [5.74, 6) is 0.237. The average molecular weight is 259 g/mol. The van der Waals surface area contributed by atoms with Gasteiger partial charge in [0.15, 0.2) is 0 Å². The summed E-state index contributed by atoms with van der Waals surface area (Å²) in [6.45, 7) is -0.598. The Bertz CT molecular complexity index is 543. The molecule has 3 nitrogen and oxygen atoms in total. The van der Waals surface area contributed by atoms with Gasteiger partial charge in [-0.25, -0.2) is 4.39 Å². The van der Waals surface area contributed by atoms with Crippen molar-refractivity contribution >= 4 is 11.6 Å². The zero-order valence-electron chi connectivity index (χ0n) is 10.3. The van der Waals surface area contributed by atoms with Gasteiger partial charge in [-0.1, -0.05) is 30.3 Å². The quantitative estimate of drug-likeness (QED) is 0.894. The van der Waals surface area contributed by atoms with Crippen LogP contribution in [0.2, 0.25) is 0 Å². The van der Waals surface area contributed by atoms with E-state index in [4.69, 9.17) is 4.74 Å². The Morgan fingerprint density at radius 2 is 1.74 bits per heavy atom. The molecule has 2 rings (SSSR count). The smallest absolute Gasteiger partial charge is 0.255 e. The van der Waals surface area contributed by atoms with Crippen LogP contribution in [0.5, 0.6) is 5.75 Å². The van der Waals surface area contributed by atoms with Gasteiger partial charge in [0.25, 0.3) is 5.91 Å². The summed E-state index contributed by atoms with van der Waals surface area (Å²) >= 11 is 0. The van der Waals surface area contributed by atoms with Crippen LogP contribution in [0, 0.1) is 0 Å². The highest BCUT2D eigenvalue weighted by Gasteiger charge is 2.08. The Kier molecular flexibility index (Phi) is 4.50. The van der Waals surface area contributed by atoms with Gasteiger partial charge in [-0.05, 0) is 24.3 Å². The monoisotopic (exact) mass is 259 g/mol. The second-order valence-electron chi connectivity index (χ2n) is 3.85. The molecule has 0 spiro atoms. The first-order chi connectivity index (χ1) is 9.31. The van der Waals surface area contributed by atoms with Crippen molar-refractivity contribution in [2.24, 2.45) is 0 Å². The molecule has 2 aromatic carbocycles. The number of amides is 1. The molecule has 0 saturated carbocycles. The first-order valence-electron chi connectivity index (χ1n) is 5.95. The summed E-state index contributed by atoms with van der Waals surface area (Å²) in [5, 5.41) is 2.75. The van der Waals surface area contributed by atoms with Crippen molar-refractivity contribution < 1.29 is 13.9 Å². The molecule has 0 atom stereocenters. The van der Waals surface area contributed by atoms with E-state index in [-0.39, 0.29) is 12.5 Å². The number of hydrogen-bond donors (Lipinski definition) is 1. The van der Waals surface area contributed by atoms with E-state index in [2.05, 4.69) is 5.32 Å². The van der Waals surface area contributed by atoms with Crippen LogP contribution in [0.25, 0.3) is 0 Å². The van der Waals surface area contributed by atoms with Gasteiger partial charge in [0.1, 0.15) is 19.0 Å². The van der Waals surface area contributed by atoms with E-state index in [0.29, 0.717) is 17.0 Å². The normalized spacial score (nSPS) is 9.95. The predicted molar refractivity (Wildman–Crippen MR) is 72.3 cm³/mol. The van der Waals surface area contributed by atoms with Gasteiger partial charge in [-0.15, -0.1) is 0 Å². The molecule has 0 heterocycles. The fraction of sp³-hybridized carbons (Fsp3) is 0.133. The summed E-state index contributed by atoms with van der Waals surface area (Å²) < 4.78 is 17.4. The van der Waals surface area contributed by atoms with Crippen LogP contribution < -0.4 is 10.1 Å². The summed E-state index contributed by atoms with van der Waals surface area (Å²) in [7, 11) is 0. The number of carbonyl (C=O) groups is 1. The molecule has 4 heteroatoms. The largest absolute Gasteiger partial charge is 0.489 e. The lowest BCUT2D eigenvalue weighted by molar-refractivity contribution is 0.102. The number of nitrogens with one attached hydrogen (secondary N) is 1. The van der Waals surface area contributed by atoms with E-state index in [1.807, 2.05) is 6.07 Å². The molecule has 1 amide bonds. The molecule has 0 aliphatic heterocycles. The van der Waals surface area contributed by atoms with Crippen molar-refractivity contribution in [2.75, 3.05) is 18.6 Å². The number of ether oxygens (including phenoxy) is 1. The maximum absolute atomic E-state index is 12.1. The molecule has 0 radical (unpaired) electrons. The van der Waals surface area contributed by atoms with Crippen LogP contribution in [0.3, 0.4) is 0 Å². The van der Waals surface area contributed by atoms with E-state index in [1.54, 1.807) is 48.5 Å². The van der Waals surface area contributed by atoms with Crippen LogP contribution in [-0.4, -0.2) is 19.2 Å². The van der Waals surface area contributed by atoms with E-state index < -0.39 is 6.67 Å². The highest BCUT2D eigenvalue weighted by Crippen LogP contribution is 2.24. The number of carbonyl (C=O) groups excluding carboxylic acids is 1. The van der Waals surface area contributed by atoms with Gasteiger partial charge in [0.2, 0.25) is 0 Å². The molecular weight excluding hydrogens is 245 g/mol. The van der Waals surface area contributed by atoms with Crippen molar-refractivity contribution in [1.82, 2.24) is 0 Å². The van der Waals surface area contributed by atoms with Gasteiger partial charge in [0, 0.05) is 5.56 Å². The number of para-hydroxylation sites is 2. The molecule has 98 valence electrons. The predicted octanol–water partition coefficient (Wildman–Crippen LogP) is 3.29. The maximum atomic E-state index is 12.1. The molecule has 0 aliphatic carbocycles. The fourth-order valence-electron chi connectivity index (χ4n) is 1.63. The molecule has 0 aliphatic rings. The zero-order chi connectivity index (χ0) is 13.5. The number of halogens is 1. The molecule has 0 bridgehead atoms. The number of hydrogen-bond acceptors (Lipinski definition) is 2. The number of anilines is 1. The summed E-state index contributed by atoms with van der Waals surface area (Å²) in [4.78, 5) is 12.0. The van der Waals surface area contributed by atoms with Crippen molar-refractivity contribution in [2.45, 2.75) is 0 Å². The van der Waals surface area contributed by atoms with Crippen LogP contribution in [-0.2, 0) is 0 Å². The van der Waals surface area contributed by atoms with E-state index >= 15 is 0 Å². The van der Waals surface area contributed by atoms with E-state index in [9.17, 15) is 9.18 Å². The van der Waals surface area contributed by atoms with Crippen LogP contribution >= 0.6 is 0 Å². The highest BCUT2D eigenvalue weighted by molar-refractivity contribution is 6.04. The lowest BCUT2D eigenvalue weighted by Gasteiger charge is -2.11. The van der Waals surface area contributed by atoms with Gasteiger partial charge < -0.3 is 10.1 Å². The van der Waals surface area contributed by atoms with Crippen molar-refractivity contribution in [3.63, 3.8) is 0 Å². The highest BCUT2D eigenvalue weighted by atomic mass is 19.1. The Labute approximate surface area is 111 Å². The molecule has 2 aromatic rings. The first-order valence-corrected chi connectivity index (χ1v) is 5.95. The zero-order valence-corrected chi connectivity index (χ0v) is 10.3. The first kappa shape index (κ1) is 13.1. The molecule has 19 heavy (non-hydrogen) atoms. The number of rotatable bonds is 5. The standard InChI is InChI=1S/C15H14FNO2/c16-10-11-19-14-9-5-4-8-13(14)17-15(18)12-6-2-1-3-7-12/h1-9H,10-11H2,(H,17,18). The lowest BCUT2D eigenvalue weighted by atomic mass is 10.2. The van der Waals surface area contributed by atoms with Gasteiger partial charge in [0.05, 0.1) is 5.69 Å². The average Bonchev–Trinajstić information content (AvgIpc) is 2.47. The van der Waals surface area contributed by atoms with E-state index in [1.165, 1.54) is 0 Å². The molecule has 0 fully saturated rings. The summed E-state index contributed by atoms with van der Waals surface area (Å²) in [5.41, 5.74) is 1.09. The lowest BCUT2D eigenvalue weighted by Crippen LogP contribution is -2.13. The van der Waals surface area contributed by atoms with Gasteiger partial charge in [-0.2, -0.15) is 0 Å². The SMILES string of the molecule is O=C(Nc1ccccc1OCCF)c1ccccc1. The minimum absolute atomic E-state index is 0.0295. The third kappa shape index (κ3) is 3.55. The maximum Gasteiger partial charge on any atom is 0.255 e. The second kappa shape index (κ2) is 6.54. The van der Waals surface area contributed by atoms with Crippen LogP contribution in [0.1, 0.15) is 10.4 Å². The molecule has 1 N–H and O–H groups in total. The Balaban J connectivity index is 2.12. The van der Waals surface area contributed by atoms with Crippen LogP contribution in [0.4, 0.5) is 10.1 Å². The Morgan fingerprint density at radius 3 is 2.47 bits per heavy atom. The van der Waals surface area contributed by atoms with Crippen molar-refractivity contribution in [1.29, 1.82) is 0 Å². The summed E-state index contributed by atoms with van der Waals surface area (Å²) in [6.07, 6.45) is 0. The van der Waals surface area contributed by atoms with E-state index in [0.717, 1.165) is 0 Å². The molecule has 0 unspecified atom stereocenters.